The summed E-state index contributed by atoms with van der Waals surface area (Å²) in [5.41, 5.74) is 2.06. The van der Waals surface area contributed by atoms with Crippen LogP contribution in [0.5, 0.6) is 0 Å². The normalized spacial score (nSPS) is 10.3. The third kappa shape index (κ3) is 5.12. The monoisotopic (exact) mass is 422 g/mol. The number of likely N-dealkylation sites (N-methyl/N-ethyl adjacent to an activating group) is 1. The van der Waals surface area contributed by atoms with Crippen LogP contribution in [0.3, 0.4) is 0 Å². The highest BCUT2D eigenvalue weighted by atomic mass is 32.1. The molecule has 0 atom stereocenters. The third-order valence-electron chi connectivity index (χ3n) is 4.58. The van der Waals surface area contributed by atoms with E-state index >= 15 is 0 Å². The summed E-state index contributed by atoms with van der Waals surface area (Å²) in [6.45, 7) is 0.0490. The van der Waals surface area contributed by atoms with Gasteiger partial charge in [-0.25, -0.2) is 4.79 Å². The smallest absolute Gasteiger partial charge is 0.339 e. The average molecular weight is 423 g/mol. The lowest BCUT2D eigenvalue weighted by Crippen LogP contribution is -2.31. The summed E-state index contributed by atoms with van der Waals surface area (Å²) in [4.78, 5) is 40.8. The van der Waals surface area contributed by atoms with E-state index < -0.39 is 12.6 Å². The van der Waals surface area contributed by atoms with Crippen LogP contribution in [0.2, 0.25) is 0 Å². The van der Waals surface area contributed by atoms with Crippen molar-refractivity contribution in [1.29, 1.82) is 0 Å². The van der Waals surface area contributed by atoms with Crippen LogP contribution in [-0.2, 0) is 16.1 Å². The van der Waals surface area contributed by atoms with Crippen LogP contribution in [0.25, 0.3) is 0 Å². The molecule has 3 aromatic rings. The van der Waals surface area contributed by atoms with Crippen LogP contribution in [0.4, 0.5) is 5.69 Å². The molecule has 0 aliphatic carbocycles. The Labute approximate surface area is 179 Å². The minimum absolute atomic E-state index is 0.124. The molecule has 0 radical (unpaired) electrons. The summed E-state index contributed by atoms with van der Waals surface area (Å²) < 4.78 is 5.21. The average Bonchev–Trinajstić information content (AvgIpc) is 3.29. The van der Waals surface area contributed by atoms with Gasteiger partial charge in [-0.1, -0.05) is 30.3 Å². The van der Waals surface area contributed by atoms with Gasteiger partial charge in [0.15, 0.2) is 6.61 Å². The lowest BCUT2D eigenvalue weighted by atomic mass is 10.1. The number of carbonyl (C=O) groups excluding carboxylic acids is 3. The Morgan fingerprint density at radius 3 is 2.23 bits per heavy atom. The quantitative estimate of drug-likeness (QED) is 0.543. The van der Waals surface area contributed by atoms with Crippen molar-refractivity contribution < 1.29 is 19.1 Å². The first kappa shape index (κ1) is 21.3. The molecule has 3 rings (SSSR count). The first-order valence-corrected chi connectivity index (χ1v) is 10.3. The Morgan fingerprint density at radius 2 is 1.57 bits per heavy atom. The number of benzene rings is 2. The van der Waals surface area contributed by atoms with E-state index in [-0.39, 0.29) is 22.9 Å². The van der Waals surface area contributed by atoms with Gasteiger partial charge in [-0.2, -0.15) is 11.3 Å². The molecule has 0 bridgehead atoms. The first-order valence-electron chi connectivity index (χ1n) is 9.31. The molecule has 6 nitrogen and oxygen atoms in total. The Balaban J connectivity index is 1.66. The minimum atomic E-state index is -0.710. The van der Waals surface area contributed by atoms with Gasteiger partial charge in [-0.3, -0.25) is 9.59 Å². The summed E-state index contributed by atoms with van der Waals surface area (Å²) >= 11 is 1.55. The number of hydrogen-bond donors (Lipinski definition) is 0. The highest BCUT2D eigenvalue weighted by Crippen LogP contribution is 2.18. The fraction of sp³-hybridized carbons (Fsp3) is 0.174. The van der Waals surface area contributed by atoms with Gasteiger partial charge in [-0.05, 0) is 46.7 Å². The van der Waals surface area contributed by atoms with Gasteiger partial charge >= 0.3 is 5.97 Å². The van der Waals surface area contributed by atoms with Gasteiger partial charge in [0.25, 0.3) is 11.8 Å². The van der Waals surface area contributed by atoms with Crippen LogP contribution in [0, 0.1) is 0 Å². The number of thiophene rings is 1. The predicted octanol–water partition coefficient (Wildman–Crippen LogP) is 3.84. The highest BCUT2D eigenvalue weighted by molar-refractivity contribution is 7.07. The van der Waals surface area contributed by atoms with Gasteiger partial charge in [-0.15, -0.1) is 0 Å². The van der Waals surface area contributed by atoms with Crippen LogP contribution < -0.4 is 4.90 Å². The maximum Gasteiger partial charge on any atom is 0.339 e. The number of rotatable bonds is 7. The van der Waals surface area contributed by atoms with E-state index in [0.29, 0.717) is 12.2 Å². The van der Waals surface area contributed by atoms with Gasteiger partial charge in [0.1, 0.15) is 0 Å². The van der Waals surface area contributed by atoms with E-state index in [1.165, 1.54) is 15.9 Å². The Kier molecular flexibility index (Phi) is 6.98. The molecule has 0 fully saturated rings. The second-order valence-corrected chi connectivity index (χ2v) is 7.48. The second-order valence-electron chi connectivity index (χ2n) is 6.70. The number of ether oxygens (including phenoxy) is 1. The zero-order valence-electron chi connectivity index (χ0n) is 16.8. The topological polar surface area (TPSA) is 66.9 Å². The molecular formula is C23H22N2O4S. The van der Waals surface area contributed by atoms with E-state index in [1.807, 2.05) is 35.0 Å². The summed E-state index contributed by atoms with van der Waals surface area (Å²) in [6, 6.07) is 17.5. The second kappa shape index (κ2) is 9.84. The Bertz CT molecular complexity index is 1020. The number of nitrogens with zero attached hydrogens (tertiary/aromatic N) is 2. The van der Waals surface area contributed by atoms with E-state index in [9.17, 15) is 14.4 Å². The van der Waals surface area contributed by atoms with Crippen molar-refractivity contribution in [3.63, 3.8) is 0 Å². The first-order chi connectivity index (χ1) is 14.5. The molecule has 7 heteroatoms. The fourth-order valence-corrected chi connectivity index (χ4v) is 3.52. The van der Waals surface area contributed by atoms with Crippen LogP contribution >= 0.6 is 11.3 Å². The largest absolute Gasteiger partial charge is 0.452 e. The molecule has 0 saturated carbocycles. The molecule has 154 valence electrons. The highest BCUT2D eigenvalue weighted by Gasteiger charge is 2.22. The molecule has 0 spiro atoms. The van der Waals surface area contributed by atoms with Crippen molar-refractivity contribution in [2.75, 3.05) is 25.6 Å². The lowest BCUT2D eigenvalue weighted by molar-refractivity contribution is -0.133. The van der Waals surface area contributed by atoms with Crippen molar-refractivity contribution in [2.45, 2.75) is 6.54 Å². The standard InChI is InChI=1S/C23H22N2O4S/c1-24(14-17-12-13-30-16-17)21(26)15-29-23(28)20-11-7-6-10-19(20)22(27)25(2)18-8-4-3-5-9-18/h3-13,16H,14-15H2,1-2H3. The van der Waals surface area contributed by atoms with E-state index in [0.717, 1.165) is 5.56 Å². The summed E-state index contributed by atoms with van der Waals surface area (Å²) in [5, 5.41) is 3.90. The Morgan fingerprint density at radius 1 is 0.900 bits per heavy atom. The van der Waals surface area contributed by atoms with E-state index in [2.05, 4.69) is 0 Å². The predicted molar refractivity (Wildman–Crippen MR) is 117 cm³/mol. The molecule has 0 unspecified atom stereocenters. The fourth-order valence-electron chi connectivity index (χ4n) is 2.86. The van der Waals surface area contributed by atoms with Crippen molar-refractivity contribution in [3.8, 4) is 0 Å². The van der Waals surface area contributed by atoms with Crippen LogP contribution in [0.1, 0.15) is 26.3 Å². The van der Waals surface area contributed by atoms with Crippen molar-refractivity contribution in [2.24, 2.45) is 0 Å². The zero-order valence-corrected chi connectivity index (χ0v) is 17.6. The molecule has 2 amide bonds. The van der Waals surface area contributed by atoms with Crippen molar-refractivity contribution in [3.05, 3.63) is 88.1 Å². The zero-order chi connectivity index (χ0) is 21.5. The number of esters is 1. The van der Waals surface area contributed by atoms with E-state index in [1.54, 1.807) is 55.8 Å². The number of hydrogen-bond acceptors (Lipinski definition) is 5. The maximum absolute atomic E-state index is 12.9. The van der Waals surface area contributed by atoms with Gasteiger partial charge < -0.3 is 14.5 Å². The number of amides is 2. The van der Waals surface area contributed by atoms with E-state index in [4.69, 9.17) is 4.74 Å². The minimum Gasteiger partial charge on any atom is -0.452 e. The molecule has 1 heterocycles. The molecule has 0 aliphatic rings. The SMILES string of the molecule is CN(Cc1ccsc1)C(=O)COC(=O)c1ccccc1C(=O)N(C)c1ccccc1. The molecule has 2 aromatic carbocycles. The molecular weight excluding hydrogens is 400 g/mol. The number of carbonyl (C=O) groups is 3. The molecule has 30 heavy (non-hydrogen) atoms. The molecule has 1 aromatic heterocycles. The molecule has 0 aliphatic heterocycles. The van der Waals surface area contributed by atoms with Crippen molar-refractivity contribution in [1.82, 2.24) is 4.90 Å². The van der Waals surface area contributed by atoms with Crippen molar-refractivity contribution >= 4 is 34.8 Å². The van der Waals surface area contributed by atoms with Gasteiger partial charge in [0.2, 0.25) is 0 Å². The Hall–Kier alpha value is -3.45. The molecule has 0 N–H and O–H groups in total. The van der Waals surface area contributed by atoms with Gasteiger partial charge in [0, 0.05) is 26.3 Å². The van der Waals surface area contributed by atoms with Crippen LogP contribution in [0.15, 0.2) is 71.4 Å². The van der Waals surface area contributed by atoms with Crippen LogP contribution in [-0.4, -0.2) is 43.4 Å². The number of anilines is 1. The summed E-state index contributed by atoms with van der Waals surface area (Å²) in [5.74, 6) is -1.37. The van der Waals surface area contributed by atoms with Gasteiger partial charge in [0.05, 0.1) is 11.1 Å². The lowest BCUT2D eigenvalue weighted by Gasteiger charge is -2.19. The summed E-state index contributed by atoms with van der Waals surface area (Å²) in [7, 11) is 3.29. The molecule has 0 saturated heterocycles. The number of para-hydroxylation sites is 1. The maximum atomic E-state index is 12.9. The third-order valence-corrected chi connectivity index (χ3v) is 5.31. The summed E-state index contributed by atoms with van der Waals surface area (Å²) in [6.07, 6.45) is 0.